The number of carbonyl (C=O) groups excluding carboxylic acids is 1. The predicted molar refractivity (Wildman–Crippen MR) is 95.4 cm³/mol. The molecule has 136 valence electrons. The molecule has 0 saturated heterocycles. The molecule has 3 aromatic rings. The Morgan fingerprint density at radius 1 is 1.15 bits per heavy atom. The van der Waals surface area contributed by atoms with Gasteiger partial charge in [-0.3, -0.25) is 14.2 Å². The van der Waals surface area contributed by atoms with Gasteiger partial charge in [0.25, 0.3) is 0 Å². The highest BCUT2D eigenvalue weighted by atomic mass is 32.2. The van der Waals surface area contributed by atoms with Gasteiger partial charge in [0.2, 0.25) is 15.9 Å². The van der Waals surface area contributed by atoms with Crippen LogP contribution in [0.3, 0.4) is 0 Å². The summed E-state index contributed by atoms with van der Waals surface area (Å²) in [6.07, 6.45) is 6.81. The smallest absolute Gasteiger partial charge is 0.233 e. The lowest BCUT2D eigenvalue weighted by atomic mass is 10.1. The second-order valence-electron chi connectivity index (χ2n) is 5.85. The third-order valence-corrected chi connectivity index (χ3v) is 4.26. The van der Waals surface area contributed by atoms with Gasteiger partial charge in [0, 0.05) is 36.4 Å². The Balaban J connectivity index is 1.57. The number of benzene rings is 1. The van der Waals surface area contributed by atoms with E-state index >= 15 is 0 Å². The number of carbonyl (C=O) groups is 1. The quantitative estimate of drug-likeness (QED) is 0.678. The fourth-order valence-electron chi connectivity index (χ4n) is 2.49. The van der Waals surface area contributed by atoms with Gasteiger partial charge in [0.1, 0.15) is 0 Å². The van der Waals surface area contributed by atoms with Crippen molar-refractivity contribution in [1.29, 1.82) is 0 Å². The van der Waals surface area contributed by atoms with Crippen molar-refractivity contribution in [1.82, 2.24) is 19.7 Å². The average Bonchev–Trinajstić information content (AvgIpc) is 3.25. The maximum absolute atomic E-state index is 11.5. The van der Waals surface area contributed by atoms with E-state index in [4.69, 9.17) is 4.52 Å². The Labute approximate surface area is 150 Å². The molecule has 3 rings (SSSR count). The van der Waals surface area contributed by atoms with Crippen molar-refractivity contribution < 1.29 is 17.7 Å². The molecule has 0 aliphatic heterocycles. The zero-order valence-electron chi connectivity index (χ0n) is 14.1. The number of nitrogens with one attached hydrogen (secondary N) is 1. The first-order chi connectivity index (χ1) is 12.4. The molecule has 0 atom stereocenters. The molecule has 26 heavy (non-hydrogen) atoms. The number of aryl methyl sites for hydroxylation is 1. The molecule has 1 aromatic carbocycles. The van der Waals surface area contributed by atoms with Crippen LogP contribution in [0.5, 0.6) is 0 Å². The van der Waals surface area contributed by atoms with Crippen LogP contribution in [0.2, 0.25) is 0 Å². The highest BCUT2D eigenvalue weighted by Crippen LogP contribution is 2.24. The van der Waals surface area contributed by atoms with Crippen LogP contribution in [-0.4, -0.2) is 35.5 Å². The number of rotatable bonds is 7. The molecule has 0 spiro atoms. The Morgan fingerprint density at radius 3 is 2.54 bits per heavy atom. The van der Waals surface area contributed by atoms with Gasteiger partial charge in [0.05, 0.1) is 18.6 Å². The van der Waals surface area contributed by atoms with E-state index in [0.29, 0.717) is 18.7 Å². The van der Waals surface area contributed by atoms with Gasteiger partial charge in [-0.2, -0.15) is 5.10 Å². The van der Waals surface area contributed by atoms with Gasteiger partial charge in [0.15, 0.2) is 5.76 Å². The minimum Gasteiger partial charge on any atom is -0.356 e. The van der Waals surface area contributed by atoms with Crippen molar-refractivity contribution in [2.24, 2.45) is 0 Å². The molecule has 0 radical (unpaired) electrons. The van der Waals surface area contributed by atoms with Crippen LogP contribution in [0.25, 0.3) is 22.5 Å². The van der Waals surface area contributed by atoms with Crippen molar-refractivity contribution in [2.45, 2.75) is 19.4 Å². The van der Waals surface area contributed by atoms with Gasteiger partial charge in [-0.05, 0) is 12.0 Å². The van der Waals surface area contributed by atoms with E-state index in [-0.39, 0.29) is 6.42 Å². The second-order valence-corrected chi connectivity index (χ2v) is 7.60. The number of aromatic nitrogens is 3. The van der Waals surface area contributed by atoms with Crippen LogP contribution in [0.4, 0.5) is 0 Å². The minimum absolute atomic E-state index is 0.119. The third-order valence-electron chi connectivity index (χ3n) is 3.66. The van der Waals surface area contributed by atoms with Crippen LogP contribution in [0.1, 0.15) is 12.8 Å². The molecule has 0 saturated carbocycles. The molecule has 1 amide bonds. The summed E-state index contributed by atoms with van der Waals surface area (Å²) in [5.74, 6) is 0.197. The summed E-state index contributed by atoms with van der Waals surface area (Å²) in [6.45, 7) is 0.521. The van der Waals surface area contributed by atoms with Gasteiger partial charge < -0.3 is 4.52 Å². The monoisotopic (exact) mass is 374 g/mol. The van der Waals surface area contributed by atoms with Crippen LogP contribution in [-0.2, 0) is 21.4 Å². The fourth-order valence-corrected chi connectivity index (χ4v) is 3.00. The molecule has 0 fully saturated rings. The summed E-state index contributed by atoms with van der Waals surface area (Å²) < 4.78 is 30.8. The molecule has 8 nitrogen and oxygen atoms in total. The van der Waals surface area contributed by atoms with Crippen LogP contribution in [0, 0.1) is 0 Å². The van der Waals surface area contributed by atoms with Gasteiger partial charge in [-0.1, -0.05) is 29.4 Å². The SMILES string of the molecule is CS(=O)(=O)NC(=O)CCCn1cc(-c2ccc(-c3ccno3)cc2)cn1. The molecular formula is C17H18N4O4S. The van der Waals surface area contributed by atoms with E-state index in [9.17, 15) is 13.2 Å². The van der Waals surface area contributed by atoms with E-state index in [2.05, 4.69) is 10.3 Å². The van der Waals surface area contributed by atoms with E-state index in [1.807, 2.05) is 35.2 Å². The molecular weight excluding hydrogens is 356 g/mol. The van der Waals surface area contributed by atoms with Crippen molar-refractivity contribution in [3.8, 4) is 22.5 Å². The minimum atomic E-state index is -3.50. The maximum Gasteiger partial charge on any atom is 0.233 e. The summed E-state index contributed by atoms with van der Waals surface area (Å²) >= 11 is 0. The molecule has 2 heterocycles. The Morgan fingerprint density at radius 2 is 1.88 bits per heavy atom. The molecule has 0 unspecified atom stereocenters. The highest BCUT2D eigenvalue weighted by molar-refractivity contribution is 7.89. The highest BCUT2D eigenvalue weighted by Gasteiger charge is 2.09. The topological polar surface area (TPSA) is 107 Å². The lowest BCUT2D eigenvalue weighted by Crippen LogP contribution is -2.29. The summed E-state index contributed by atoms with van der Waals surface area (Å²) in [4.78, 5) is 11.5. The van der Waals surface area contributed by atoms with Crippen molar-refractivity contribution in [3.63, 3.8) is 0 Å². The largest absolute Gasteiger partial charge is 0.356 e. The van der Waals surface area contributed by atoms with Crippen LogP contribution >= 0.6 is 0 Å². The van der Waals surface area contributed by atoms with Crippen LogP contribution < -0.4 is 4.72 Å². The fraction of sp³-hybridized carbons (Fsp3) is 0.235. The van der Waals surface area contributed by atoms with Gasteiger partial charge in [-0.25, -0.2) is 8.42 Å². The summed E-state index contributed by atoms with van der Waals surface area (Å²) in [5, 5.41) is 7.97. The van der Waals surface area contributed by atoms with Gasteiger partial charge in [-0.15, -0.1) is 0 Å². The van der Waals surface area contributed by atoms with E-state index in [1.54, 1.807) is 23.1 Å². The molecule has 0 bridgehead atoms. The molecule has 0 aliphatic carbocycles. The average molecular weight is 374 g/mol. The van der Waals surface area contributed by atoms with Crippen molar-refractivity contribution >= 4 is 15.9 Å². The Hall–Kier alpha value is -2.94. The number of hydrogen-bond donors (Lipinski definition) is 1. The van der Waals surface area contributed by atoms with Crippen molar-refractivity contribution in [2.75, 3.05) is 6.26 Å². The van der Waals surface area contributed by atoms with Crippen LogP contribution in [0.15, 0.2) is 53.4 Å². The molecule has 0 aliphatic rings. The lowest BCUT2D eigenvalue weighted by molar-refractivity contribution is -0.119. The zero-order chi connectivity index (χ0) is 18.6. The zero-order valence-corrected chi connectivity index (χ0v) is 14.9. The summed E-state index contributed by atoms with van der Waals surface area (Å²) in [7, 11) is -3.50. The molecule has 2 aromatic heterocycles. The second kappa shape index (κ2) is 7.52. The lowest BCUT2D eigenvalue weighted by Gasteiger charge is -2.03. The van der Waals surface area contributed by atoms with E-state index < -0.39 is 15.9 Å². The maximum atomic E-state index is 11.5. The standard InChI is InChI=1S/C17H18N4O4S/c1-26(23,24)20-17(22)3-2-10-21-12-15(11-18-21)13-4-6-14(7-5-13)16-8-9-19-25-16/h4-9,11-12H,2-3,10H2,1H3,(H,20,22). The first kappa shape index (κ1) is 17.9. The number of sulfonamides is 1. The van der Waals surface area contributed by atoms with E-state index in [0.717, 1.165) is 22.9 Å². The van der Waals surface area contributed by atoms with Gasteiger partial charge >= 0.3 is 0 Å². The third kappa shape index (κ3) is 4.79. The summed E-state index contributed by atoms with van der Waals surface area (Å²) in [5.41, 5.74) is 2.90. The molecule has 1 N–H and O–H groups in total. The number of amides is 1. The molecule has 9 heteroatoms. The first-order valence-electron chi connectivity index (χ1n) is 7.95. The Bertz CT molecular complexity index is 976. The van der Waals surface area contributed by atoms with E-state index in [1.165, 1.54) is 0 Å². The summed E-state index contributed by atoms with van der Waals surface area (Å²) in [6, 6.07) is 9.63. The first-order valence-corrected chi connectivity index (χ1v) is 9.84. The normalized spacial score (nSPS) is 11.4. The predicted octanol–water partition coefficient (Wildman–Crippen LogP) is 2.06. The number of hydrogen-bond acceptors (Lipinski definition) is 6. The number of nitrogens with zero attached hydrogens (tertiary/aromatic N) is 3. The van der Waals surface area contributed by atoms with Crippen molar-refractivity contribution in [3.05, 3.63) is 48.9 Å². The Kier molecular flexibility index (Phi) is 5.17.